The van der Waals surface area contributed by atoms with Gasteiger partial charge in [0.2, 0.25) is 0 Å². The van der Waals surface area contributed by atoms with Gasteiger partial charge in [0, 0.05) is 18.6 Å². The maximum atomic E-state index is 6.02. The first-order chi connectivity index (χ1) is 7.48. The van der Waals surface area contributed by atoms with Gasteiger partial charge in [-0.15, -0.1) is 0 Å². The molecule has 16 heavy (non-hydrogen) atoms. The van der Waals surface area contributed by atoms with Gasteiger partial charge in [0.1, 0.15) is 0 Å². The van der Waals surface area contributed by atoms with Crippen molar-refractivity contribution in [2.24, 2.45) is 17.1 Å². The monoisotopic (exact) mass is 224 g/mol. The van der Waals surface area contributed by atoms with E-state index in [1.165, 1.54) is 45.2 Å². The molecule has 2 rings (SSSR count). The number of hydrogen-bond acceptors (Lipinski definition) is 2. The summed E-state index contributed by atoms with van der Waals surface area (Å²) in [4.78, 5) is 2.72. The average Bonchev–Trinajstić information content (AvgIpc) is 2.64. The molecular formula is C14H28N2. The van der Waals surface area contributed by atoms with Crippen molar-refractivity contribution in [3.8, 4) is 0 Å². The van der Waals surface area contributed by atoms with E-state index in [4.69, 9.17) is 5.73 Å². The van der Waals surface area contributed by atoms with Crippen molar-refractivity contribution < 1.29 is 0 Å². The number of rotatable bonds is 2. The molecule has 0 amide bonds. The molecule has 2 nitrogen and oxygen atoms in total. The Morgan fingerprint density at radius 3 is 2.62 bits per heavy atom. The van der Waals surface area contributed by atoms with Crippen LogP contribution in [0.25, 0.3) is 0 Å². The van der Waals surface area contributed by atoms with Gasteiger partial charge >= 0.3 is 0 Å². The number of nitrogens with two attached hydrogens (primary N) is 1. The summed E-state index contributed by atoms with van der Waals surface area (Å²) >= 11 is 0. The van der Waals surface area contributed by atoms with Crippen molar-refractivity contribution in [2.45, 2.75) is 65.0 Å². The van der Waals surface area contributed by atoms with Crippen LogP contribution in [0.15, 0.2) is 0 Å². The Bertz CT molecular complexity index is 235. The third-order valence-corrected chi connectivity index (χ3v) is 4.70. The van der Waals surface area contributed by atoms with Crippen LogP contribution in [-0.4, -0.2) is 30.1 Å². The van der Waals surface area contributed by atoms with Crippen molar-refractivity contribution >= 4 is 0 Å². The summed E-state index contributed by atoms with van der Waals surface area (Å²) in [6.45, 7) is 9.56. The fourth-order valence-electron chi connectivity index (χ4n) is 3.55. The van der Waals surface area contributed by atoms with E-state index < -0.39 is 0 Å². The van der Waals surface area contributed by atoms with Crippen LogP contribution in [0.4, 0.5) is 0 Å². The molecule has 0 radical (unpaired) electrons. The normalized spacial score (nSPS) is 37.5. The van der Waals surface area contributed by atoms with Crippen molar-refractivity contribution in [3.63, 3.8) is 0 Å². The topological polar surface area (TPSA) is 29.3 Å². The van der Waals surface area contributed by atoms with Gasteiger partial charge in [-0.25, -0.2) is 0 Å². The summed E-state index contributed by atoms with van der Waals surface area (Å²) in [6.07, 6.45) is 6.94. The molecule has 2 aliphatic rings. The SMILES string of the molecule is CC(N)C1CCN(C2CCCC(C)(C)C2)C1. The third kappa shape index (κ3) is 2.78. The molecule has 3 unspecified atom stereocenters. The van der Waals surface area contributed by atoms with E-state index in [1.807, 2.05) is 0 Å². The minimum Gasteiger partial charge on any atom is -0.328 e. The Morgan fingerprint density at radius 1 is 1.31 bits per heavy atom. The van der Waals surface area contributed by atoms with Gasteiger partial charge < -0.3 is 10.6 Å². The van der Waals surface area contributed by atoms with Crippen LogP contribution in [0.3, 0.4) is 0 Å². The lowest BCUT2D eigenvalue weighted by Gasteiger charge is -2.40. The highest BCUT2D eigenvalue weighted by Crippen LogP contribution is 2.38. The van der Waals surface area contributed by atoms with Crippen LogP contribution < -0.4 is 5.73 Å². The standard InChI is InChI=1S/C14H28N2/c1-11(15)12-6-8-16(10-12)13-5-4-7-14(2,3)9-13/h11-13H,4-10,15H2,1-3H3. The zero-order valence-electron chi connectivity index (χ0n) is 11.2. The molecule has 2 N–H and O–H groups in total. The van der Waals surface area contributed by atoms with Gasteiger partial charge in [-0.2, -0.15) is 0 Å². The molecule has 3 atom stereocenters. The largest absolute Gasteiger partial charge is 0.328 e. The quantitative estimate of drug-likeness (QED) is 0.781. The molecular weight excluding hydrogens is 196 g/mol. The van der Waals surface area contributed by atoms with Gasteiger partial charge in [-0.3, -0.25) is 0 Å². The molecule has 2 fully saturated rings. The summed E-state index contributed by atoms with van der Waals surface area (Å²) in [6, 6.07) is 1.22. The smallest absolute Gasteiger partial charge is 0.0100 e. The Morgan fingerprint density at radius 2 is 2.06 bits per heavy atom. The van der Waals surface area contributed by atoms with Gasteiger partial charge in [-0.1, -0.05) is 20.3 Å². The predicted molar refractivity (Wildman–Crippen MR) is 69.4 cm³/mol. The highest BCUT2D eigenvalue weighted by Gasteiger charge is 2.35. The molecule has 1 saturated heterocycles. The van der Waals surface area contributed by atoms with Crippen molar-refractivity contribution in [1.29, 1.82) is 0 Å². The van der Waals surface area contributed by atoms with Gasteiger partial charge in [-0.05, 0) is 50.5 Å². The fraction of sp³-hybridized carbons (Fsp3) is 1.00. The zero-order chi connectivity index (χ0) is 11.8. The second-order valence-corrected chi connectivity index (χ2v) is 6.82. The molecule has 1 aliphatic heterocycles. The molecule has 1 aliphatic carbocycles. The van der Waals surface area contributed by atoms with E-state index in [1.54, 1.807) is 0 Å². The molecule has 0 aromatic heterocycles. The number of hydrogen-bond donors (Lipinski definition) is 1. The molecule has 1 heterocycles. The Hall–Kier alpha value is -0.0800. The van der Waals surface area contributed by atoms with Crippen LogP contribution in [0, 0.1) is 11.3 Å². The van der Waals surface area contributed by atoms with Crippen LogP contribution in [0.5, 0.6) is 0 Å². The molecule has 0 spiro atoms. The average molecular weight is 224 g/mol. The van der Waals surface area contributed by atoms with Crippen molar-refractivity contribution in [2.75, 3.05) is 13.1 Å². The molecule has 2 heteroatoms. The summed E-state index contributed by atoms with van der Waals surface area (Å²) < 4.78 is 0. The summed E-state index contributed by atoms with van der Waals surface area (Å²) in [7, 11) is 0. The fourth-order valence-corrected chi connectivity index (χ4v) is 3.55. The lowest BCUT2D eigenvalue weighted by Crippen LogP contribution is -2.40. The molecule has 0 aromatic rings. The number of nitrogens with zero attached hydrogens (tertiary/aromatic N) is 1. The highest BCUT2D eigenvalue weighted by molar-refractivity contribution is 4.90. The second kappa shape index (κ2) is 4.66. The van der Waals surface area contributed by atoms with E-state index in [-0.39, 0.29) is 0 Å². The Kier molecular flexibility index (Phi) is 3.60. The van der Waals surface area contributed by atoms with Crippen molar-refractivity contribution in [3.05, 3.63) is 0 Å². The highest BCUT2D eigenvalue weighted by atomic mass is 15.2. The first-order valence-corrected chi connectivity index (χ1v) is 6.97. The van der Waals surface area contributed by atoms with E-state index in [0.29, 0.717) is 11.5 Å². The lowest BCUT2D eigenvalue weighted by molar-refractivity contribution is 0.110. The minimum absolute atomic E-state index is 0.376. The predicted octanol–water partition coefficient (Wildman–Crippen LogP) is 2.62. The first-order valence-electron chi connectivity index (χ1n) is 6.97. The first kappa shape index (κ1) is 12.4. The van der Waals surface area contributed by atoms with Crippen LogP contribution >= 0.6 is 0 Å². The van der Waals surface area contributed by atoms with Crippen LogP contribution in [-0.2, 0) is 0 Å². The molecule has 0 aromatic carbocycles. The van der Waals surface area contributed by atoms with Gasteiger partial charge in [0.05, 0.1) is 0 Å². The Labute approximate surface area is 101 Å². The van der Waals surface area contributed by atoms with Crippen molar-refractivity contribution in [1.82, 2.24) is 4.90 Å². The molecule has 1 saturated carbocycles. The van der Waals surface area contributed by atoms with E-state index in [9.17, 15) is 0 Å². The maximum absolute atomic E-state index is 6.02. The summed E-state index contributed by atoms with van der Waals surface area (Å²) in [5.41, 5.74) is 6.58. The van der Waals surface area contributed by atoms with E-state index in [2.05, 4.69) is 25.7 Å². The second-order valence-electron chi connectivity index (χ2n) is 6.82. The molecule has 94 valence electrons. The van der Waals surface area contributed by atoms with Crippen LogP contribution in [0.2, 0.25) is 0 Å². The van der Waals surface area contributed by atoms with Gasteiger partial charge in [0.15, 0.2) is 0 Å². The third-order valence-electron chi connectivity index (χ3n) is 4.70. The van der Waals surface area contributed by atoms with Gasteiger partial charge in [0.25, 0.3) is 0 Å². The zero-order valence-corrected chi connectivity index (χ0v) is 11.2. The maximum Gasteiger partial charge on any atom is 0.0100 e. The Balaban J connectivity index is 1.89. The van der Waals surface area contributed by atoms with Crippen LogP contribution in [0.1, 0.15) is 52.9 Å². The molecule has 0 bridgehead atoms. The van der Waals surface area contributed by atoms with E-state index >= 15 is 0 Å². The summed E-state index contributed by atoms with van der Waals surface area (Å²) in [5.74, 6) is 0.741. The lowest BCUT2D eigenvalue weighted by atomic mass is 9.75. The number of likely N-dealkylation sites (tertiary alicyclic amines) is 1. The summed E-state index contributed by atoms with van der Waals surface area (Å²) in [5, 5.41) is 0. The van der Waals surface area contributed by atoms with E-state index in [0.717, 1.165) is 12.0 Å². The minimum atomic E-state index is 0.376.